The van der Waals surface area contributed by atoms with Gasteiger partial charge in [-0.1, -0.05) is 38.2 Å². The first-order chi connectivity index (χ1) is 18.0. The molecule has 0 spiro atoms. The molecule has 1 aromatic rings. The molecule has 9 nitrogen and oxygen atoms in total. The van der Waals surface area contributed by atoms with Gasteiger partial charge in [0.25, 0.3) is 0 Å². The van der Waals surface area contributed by atoms with E-state index in [1.54, 1.807) is 19.0 Å². The number of hydrogen-bond donors (Lipinski definition) is 5. The third-order valence-electron chi connectivity index (χ3n) is 9.62. The number of fused-ring (bicyclic) bond motifs is 3. The lowest BCUT2D eigenvalue weighted by Gasteiger charge is -2.53. The highest BCUT2D eigenvalue weighted by Crippen LogP contribution is 2.52. The molecule has 0 heterocycles. The number of aryl methyl sites for hydroxylation is 1. The van der Waals surface area contributed by atoms with Crippen molar-refractivity contribution in [2.75, 3.05) is 14.1 Å². The Morgan fingerprint density at radius 3 is 2.45 bits per heavy atom. The lowest BCUT2D eigenvalue weighted by molar-refractivity contribution is -0.178. The van der Waals surface area contributed by atoms with Crippen molar-refractivity contribution < 1.29 is 34.8 Å². The maximum absolute atomic E-state index is 13.8. The Balaban J connectivity index is 1.57. The van der Waals surface area contributed by atoms with Gasteiger partial charge in [-0.25, -0.2) is 0 Å². The van der Waals surface area contributed by atoms with Gasteiger partial charge < -0.3 is 31.1 Å². The third-order valence-corrected chi connectivity index (χ3v) is 9.62. The van der Waals surface area contributed by atoms with Gasteiger partial charge in [0.1, 0.15) is 17.4 Å². The minimum atomic E-state index is -2.55. The number of nitrogens with zero attached hydrogens (tertiary/aromatic N) is 1. The highest BCUT2D eigenvalue weighted by Gasteiger charge is 2.66. The normalized spacial score (nSPS) is 33.7. The average molecular weight is 527 g/mol. The number of carbonyl (C=O) groups excluding carboxylic acids is 3. The highest BCUT2D eigenvalue weighted by atomic mass is 16.3. The van der Waals surface area contributed by atoms with Gasteiger partial charge in [-0.15, -0.1) is 0 Å². The Morgan fingerprint density at radius 2 is 1.82 bits per heavy atom. The Hall–Kier alpha value is -2.75. The third kappa shape index (κ3) is 3.98. The number of carbonyl (C=O) groups is 3. The van der Waals surface area contributed by atoms with Crippen molar-refractivity contribution in [2.24, 2.45) is 29.4 Å². The summed E-state index contributed by atoms with van der Waals surface area (Å²) in [6.45, 7) is 0. The number of aliphatic hydroxyl groups excluding tert-OH is 2. The lowest BCUT2D eigenvalue weighted by Crippen LogP contribution is -2.71. The molecule has 6 atom stereocenters. The van der Waals surface area contributed by atoms with E-state index in [9.17, 15) is 34.8 Å². The Bertz CT molecular complexity index is 1200. The number of aromatic hydroxyl groups is 1. The van der Waals surface area contributed by atoms with Crippen molar-refractivity contribution in [1.82, 2.24) is 4.90 Å². The standard InChI is InChI=1S/C29H38N2O7/c1-31(2)23-18-13-16-12-17-15(9-8-14-6-4-3-5-7-14)10-11-19(32)21(17)24(33)20(16)26(35)29(18,38)27(36)22(25(23)34)28(30)37/h10-11,14,16,18,22-23,25,32,34-35,38H,3-9,12-13H2,1-2H3,(H2,30,37)/t16-,18-,22?,23-,25?,29-/m0/s1. The number of Topliss-reactive ketones (excluding diaryl/α,β-unsaturated/α-hetero) is 2. The number of aliphatic hydroxyl groups is 3. The molecule has 206 valence electrons. The molecule has 0 bridgehead atoms. The first-order valence-corrected chi connectivity index (χ1v) is 13.7. The maximum Gasteiger partial charge on any atom is 0.230 e. The number of phenolic OH excluding ortho intramolecular Hbond substituents is 1. The first kappa shape index (κ1) is 26.8. The van der Waals surface area contributed by atoms with Crippen LogP contribution in [0.25, 0.3) is 0 Å². The first-order valence-electron chi connectivity index (χ1n) is 13.7. The van der Waals surface area contributed by atoms with E-state index in [1.165, 1.54) is 38.2 Å². The van der Waals surface area contributed by atoms with Gasteiger partial charge in [0, 0.05) is 17.5 Å². The number of benzene rings is 1. The number of ketones is 2. The van der Waals surface area contributed by atoms with Gasteiger partial charge in [0.05, 0.1) is 11.7 Å². The summed E-state index contributed by atoms with van der Waals surface area (Å²) >= 11 is 0. The summed E-state index contributed by atoms with van der Waals surface area (Å²) in [5.41, 5.74) is 4.61. The molecule has 2 saturated carbocycles. The van der Waals surface area contributed by atoms with Gasteiger partial charge in [-0.3, -0.25) is 14.4 Å². The van der Waals surface area contributed by atoms with E-state index in [0.717, 1.165) is 24.0 Å². The number of allylic oxidation sites excluding steroid dienone is 1. The van der Waals surface area contributed by atoms with Crippen LogP contribution < -0.4 is 5.73 Å². The van der Waals surface area contributed by atoms with Crippen LogP contribution in [0.5, 0.6) is 5.75 Å². The quantitative estimate of drug-likeness (QED) is 0.363. The molecule has 4 aliphatic rings. The highest BCUT2D eigenvalue weighted by molar-refractivity contribution is 6.15. The van der Waals surface area contributed by atoms with Crippen molar-refractivity contribution in [3.63, 3.8) is 0 Å². The zero-order chi connectivity index (χ0) is 27.5. The fourth-order valence-corrected chi connectivity index (χ4v) is 7.74. The molecule has 6 N–H and O–H groups in total. The van der Waals surface area contributed by atoms with Crippen LogP contribution in [-0.2, 0) is 22.4 Å². The minimum absolute atomic E-state index is 0.102. The minimum Gasteiger partial charge on any atom is -0.508 e. The molecule has 9 heteroatoms. The van der Waals surface area contributed by atoms with Gasteiger partial charge in [-0.2, -0.15) is 0 Å². The van der Waals surface area contributed by atoms with Crippen LogP contribution in [0.4, 0.5) is 0 Å². The monoisotopic (exact) mass is 526 g/mol. The topological polar surface area (TPSA) is 161 Å². The van der Waals surface area contributed by atoms with Crippen LogP contribution in [0.15, 0.2) is 23.5 Å². The summed E-state index contributed by atoms with van der Waals surface area (Å²) in [5.74, 6) is -6.42. The maximum atomic E-state index is 13.8. The van der Waals surface area contributed by atoms with Gasteiger partial charge in [-0.05, 0) is 68.8 Å². The van der Waals surface area contributed by atoms with Crippen molar-refractivity contribution in [3.05, 3.63) is 40.2 Å². The van der Waals surface area contributed by atoms with Crippen LogP contribution in [0.1, 0.15) is 66.4 Å². The number of amides is 1. The molecule has 0 saturated heterocycles. The molecule has 5 rings (SSSR count). The fraction of sp³-hybridized carbons (Fsp3) is 0.621. The summed E-state index contributed by atoms with van der Waals surface area (Å²) in [6.07, 6.45) is 6.97. The molecule has 0 aliphatic heterocycles. The average Bonchev–Trinajstić information content (AvgIpc) is 2.86. The molecule has 2 fully saturated rings. The summed E-state index contributed by atoms with van der Waals surface area (Å²) in [7, 11) is 3.31. The van der Waals surface area contributed by atoms with E-state index < -0.39 is 58.7 Å². The summed E-state index contributed by atoms with van der Waals surface area (Å²) < 4.78 is 0. The van der Waals surface area contributed by atoms with E-state index in [0.29, 0.717) is 12.3 Å². The second-order valence-corrected chi connectivity index (χ2v) is 11.9. The number of rotatable bonds is 5. The Labute approximate surface area is 222 Å². The summed E-state index contributed by atoms with van der Waals surface area (Å²) in [6, 6.07) is 2.50. The van der Waals surface area contributed by atoms with Crippen LogP contribution in [0.2, 0.25) is 0 Å². The molecule has 1 aromatic carbocycles. The predicted octanol–water partition coefficient (Wildman–Crippen LogP) is 1.80. The number of likely N-dealkylation sites (N-methyl/N-ethyl adjacent to an activating group) is 1. The Kier molecular flexibility index (Phi) is 6.90. The van der Waals surface area contributed by atoms with Crippen molar-refractivity contribution in [2.45, 2.75) is 75.5 Å². The van der Waals surface area contributed by atoms with E-state index >= 15 is 0 Å². The number of hydrogen-bond acceptors (Lipinski definition) is 8. The van der Waals surface area contributed by atoms with Crippen LogP contribution in [0.3, 0.4) is 0 Å². The van der Waals surface area contributed by atoms with E-state index in [-0.39, 0.29) is 23.3 Å². The lowest BCUT2D eigenvalue weighted by atomic mass is 9.55. The molecule has 4 aliphatic carbocycles. The van der Waals surface area contributed by atoms with E-state index in [1.807, 2.05) is 6.07 Å². The van der Waals surface area contributed by atoms with Crippen LogP contribution in [0, 0.1) is 23.7 Å². The largest absolute Gasteiger partial charge is 0.508 e. The van der Waals surface area contributed by atoms with E-state index in [4.69, 9.17) is 5.73 Å². The number of phenols is 1. The molecule has 0 aromatic heterocycles. The molecule has 1 amide bonds. The van der Waals surface area contributed by atoms with Gasteiger partial charge in [0.15, 0.2) is 17.2 Å². The zero-order valence-corrected chi connectivity index (χ0v) is 22.0. The predicted molar refractivity (Wildman–Crippen MR) is 138 cm³/mol. The second-order valence-electron chi connectivity index (χ2n) is 11.9. The van der Waals surface area contributed by atoms with Crippen molar-refractivity contribution >= 4 is 17.5 Å². The van der Waals surface area contributed by atoms with Gasteiger partial charge >= 0.3 is 0 Å². The van der Waals surface area contributed by atoms with E-state index in [2.05, 4.69) is 0 Å². The smallest absolute Gasteiger partial charge is 0.230 e. The summed E-state index contributed by atoms with van der Waals surface area (Å²) in [4.78, 5) is 41.0. The molecule has 38 heavy (non-hydrogen) atoms. The second kappa shape index (κ2) is 9.77. The molecular formula is C29H38N2O7. The van der Waals surface area contributed by atoms with Crippen LogP contribution >= 0.6 is 0 Å². The molecule has 2 unspecified atom stereocenters. The SMILES string of the molecule is CN(C)[C@@H]1C(O)C(C(N)=O)C(=O)[C@@]2(O)C(O)=C3C(=O)c4c(O)ccc(CCC5CCCCC5)c4C[C@H]3C[C@@H]12. The van der Waals surface area contributed by atoms with Crippen LogP contribution in [-0.4, -0.2) is 74.6 Å². The Morgan fingerprint density at radius 1 is 1.13 bits per heavy atom. The molecular weight excluding hydrogens is 488 g/mol. The van der Waals surface area contributed by atoms with Crippen molar-refractivity contribution in [1.29, 1.82) is 0 Å². The van der Waals surface area contributed by atoms with Gasteiger partial charge in [0.2, 0.25) is 5.91 Å². The number of nitrogens with two attached hydrogens (primary N) is 1. The summed E-state index contributed by atoms with van der Waals surface area (Å²) in [5, 5.41) is 44.8. The number of primary amides is 1. The fourth-order valence-electron chi connectivity index (χ4n) is 7.74. The van der Waals surface area contributed by atoms with Crippen molar-refractivity contribution in [3.8, 4) is 5.75 Å². The molecule has 0 radical (unpaired) electrons. The zero-order valence-electron chi connectivity index (χ0n) is 22.0.